The molecule has 0 aliphatic heterocycles. The smallest absolute Gasteiger partial charge is 0.421 e. The fraction of sp³-hybridized carbons (Fsp3) is 0.688. The van der Waals surface area contributed by atoms with Crippen molar-refractivity contribution in [2.45, 2.75) is 49.8 Å². The summed E-state index contributed by atoms with van der Waals surface area (Å²) in [5.74, 6) is 0. The molecule has 0 aliphatic rings. The van der Waals surface area contributed by atoms with E-state index in [1.54, 1.807) is 21.3 Å². The van der Waals surface area contributed by atoms with Crippen LogP contribution in [-0.2, 0) is 45.3 Å². The highest BCUT2D eigenvalue weighted by Crippen LogP contribution is 2.36. The Morgan fingerprint density at radius 2 is 1.26 bits per heavy atom. The minimum atomic E-state index is -6.72. The summed E-state index contributed by atoms with van der Waals surface area (Å²) in [4.78, 5) is 0. The summed E-state index contributed by atoms with van der Waals surface area (Å²) in [5, 5.41) is 0. The number of halogens is 6. The third-order valence-corrected chi connectivity index (χ3v) is 9.52. The van der Waals surface area contributed by atoms with Crippen molar-refractivity contribution in [3.05, 3.63) is 34.2 Å². The first-order valence-corrected chi connectivity index (χ1v) is 13.9. The van der Waals surface area contributed by atoms with Gasteiger partial charge in [0, 0.05) is 38.9 Å². The van der Waals surface area contributed by atoms with Gasteiger partial charge in [0.05, 0.1) is 6.04 Å². The van der Waals surface area contributed by atoms with Gasteiger partial charge >= 0.3 is 19.8 Å². The number of hydrogen-bond donors (Lipinski definition) is 0. The lowest BCUT2D eigenvalue weighted by Gasteiger charge is -2.24. The molecule has 9 nitrogen and oxygen atoms in total. The maximum atomic E-state index is 11.4. The zero-order valence-electron chi connectivity index (χ0n) is 19.1. The van der Waals surface area contributed by atoms with Crippen molar-refractivity contribution in [1.29, 1.82) is 0 Å². The molecule has 18 heteroatoms. The van der Waals surface area contributed by atoms with Gasteiger partial charge in [-0.15, -0.1) is 0 Å². The lowest BCUT2D eigenvalue weighted by Crippen LogP contribution is -2.50. The molecule has 0 saturated carbocycles. The van der Waals surface area contributed by atoms with E-state index in [9.17, 15) is 43.2 Å². The molecule has 0 radical (unpaired) electrons. The van der Waals surface area contributed by atoms with Gasteiger partial charge in [-0.05, 0) is 0 Å². The molecule has 0 fully saturated rings. The number of sulfonamides is 2. The second-order valence-corrected chi connectivity index (χ2v) is 14.0. The van der Waals surface area contributed by atoms with Crippen molar-refractivity contribution >= 4 is 28.9 Å². The second-order valence-electron chi connectivity index (χ2n) is 7.49. The van der Waals surface area contributed by atoms with Gasteiger partial charge in [-0.25, -0.2) is 21.4 Å². The molecule has 0 bridgehead atoms. The lowest BCUT2D eigenvalue weighted by molar-refractivity contribution is -0.704. The average Bonchev–Trinajstić information content (AvgIpc) is 2.67. The van der Waals surface area contributed by atoms with E-state index in [0.717, 1.165) is 16.7 Å². The maximum absolute atomic E-state index is 11.4. The number of pyridine rings is 1. The van der Waals surface area contributed by atoms with Crippen molar-refractivity contribution in [2.75, 3.05) is 21.3 Å². The number of hydrogen-bond acceptors (Lipinski definition) is 7. The average molecular weight is 565 g/mol. The SMILES string of the molecule is CO[Si](CC[n+]1ccccc1C(C)(C)C)(OC)OC.O=S(=O)([N-]S(=O)(=O)C(F)(F)F)C(F)(F)F. The quantitative estimate of drug-likeness (QED) is 0.271. The van der Waals surface area contributed by atoms with E-state index in [0.29, 0.717) is 0 Å². The van der Waals surface area contributed by atoms with Gasteiger partial charge in [-0.2, -0.15) is 26.3 Å². The molecule has 0 aliphatic carbocycles. The molecule has 0 aromatic carbocycles. The van der Waals surface area contributed by atoms with Gasteiger partial charge < -0.3 is 17.4 Å². The van der Waals surface area contributed by atoms with Crippen molar-refractivity contribution < 1.29 is 61.0 Å². The molecule has 1 rings (SSSR count). The Bertz CT molecular complexity index is 956. The van der Waals surface area contributed by atoms with E-state index in [1.807, 2.05) is 6.07 Å². The summed E-state index contributed by atoms with van der Waals surface area (Å²) in [5.41, 5.74) is -11.0. The molecule has 0 atom stereocenters. The summed E-state index contributed by atoms with van der Waals surface area (Å²) in [7, 11) is -11.0. The van der Waals surface area contributed by atoms with Crippen molar-refractivity contribution in [2.24, 2.45) is 0 Å². The van der Waals surface area contributed by atoms with Gasteiger partial charge in [-0.3, -0.25) is 0 Å². The van der Waals surface area contributed by atoms with Crippen LogP contribution in [0.15, 0.2) is 24.4 Å². The summed E-state index contributed by atoms with van der Waals surface area (Å²) in [6, 6.07) is 7.04. The minimum absolute atomic E-state index is 0.110. The Morgan fingerprint density at radius 3 is 1.59 bits per heavy atom. The molecule has 0 saturated heterocycles. The number of alkyl halides is 6. The molecule has 0 unspecified atom stereocenters. The van der Waals surface area contributed by atoms with E-state index in [4.69, 9.17) is 13.3 Å². The normalized spacial score (nSPS) is 13.9. The molecule has 0 spiro atoms. The third kappa shape index (κ3) is 9.04. The molecule has 1 aromatic rings. The lowest BCUT2D eigenvalue weighted by atomic mass is 9.91. The second kappa shape index (κ2) is 11.6. The zero-order chi connectivity index (χ0) is 27.2. The predicted octanol–water partition coefficient (Wildman–Crippen LogP) is 3.21. The monoisotopic (exact) mass is 564 g/mol. The largest absolute Gasteiger partial charge is 0.506 e. The topological polar surface area (TPSA) is 114 Å². The van der Waals surface area contributed by atoms with Crippen LogP contribution in [0.2, 0.25) is 6.04 Å². The Balaban J connectivity index is 0.000000661. The third-order valence-electron chi connectivity index (χ3n) is 4.08. The molecule has 0 N–H and O–H groups in total. The van der Waals surface area contributed by atoms with Gasteiger partial charge in [0.2, 0.25) is 0 Å². The van der Waals surface area contributed by atoms with Crippen LogP contribution in [0.25, 0.3) is 4.13 Å². The number of nitrogens with zero attached hydrogens (tertiary/aromatic N) is 2. The van der Waals surface area contributed by atoms with Crippen LogP contribution in [0.5, 0.6) is 0 Å². The molecular formula is C16H26F6N2O7S2Si. The highest BCUT2D eigenvalue weighted by molar-refractivity contribution is 8.13. The Morgan fingerprint density at radius 1 is 0.853 bits per heavy atom. The summed E-state index contributed by atoms with van der Waals surface area (Å²) in [6.07, 6.45) is 2.10. The Labute approximate surface area is 195 Å². The van der Waals surface area contributed by atoms with Crippen LogP contribution in [0, 0.1) is 0 Å². The van der Waals surface area contributed by atoms with E-state index in [1.165, 1.54) is 5.69 Å². The van der Waals surface area contributed by atoms with E-state index >= 15 is 0 Å². The first-order valence-electron chi connectivity index (χ1n) is 9.10. The van der Waals surface area contributed by atoms with Crippen molar-refractivity contribution in [1.82, 2.24) is 0 Å². The maximum Gasteiger partial charge on any atom is 0.506 e. The van der Waals surface area contributed by atoms with Gasteiger partial charge in [0.25, 0.3) is 0 Å². The van der Waals surface area contributed by atoms with Gasteiger partial charge in [-0.1, -0.05) is 26.8 Å². The fourth-order valence-corrected chi connectivity index (χ4v) is 5.72. The number of aromatic nitrogens is 1. The van der Waals surface area contributed by atoms with Crippen LogP contribution in [0.4, 0.5) is 26.3 Å². The summed E-state index contributed by atoms with van der Waals surface area (Å²) in [6.45, 7) is 7.47. The van der Waals surface area contributed by atoms with Crippen molar-refractivity contribution in [3.63, 3.8) is 0 Å². The molecule has 34 heavy (non-hydrogen) atoms. The first kappa shape index (κ1) is 32.7. The van der Waals surface area contributed by atoms with Gasteiger partial charge in [0.1, 0.15) is 0 Å². The Hall–Kier alpha value is -1.31. The summed E-state index contributed by atoms with van der Waals surface area (Å²) >= 11 is 0. The van der Waals surface area contributed by atoms with Crippen LogP contribution in [0.3, 0.4) is 0 Å². The molecule has 0 amide bonds. The van der Waals surface area contributed by atoms with E-state index < -0.39 is 39.9 Å². The Kier molecular flexibility index (Phi) is 11.2. The predicted molar refractivity (Wildman–Crippen MR) is 110 cm³/mol. The minimum Gasteiger partial charge on any atom is -0.421 e. The first-order chi connectivity index (χ1) is 15.1. The highest BCUT2D eigenvalue weighted by atomic mass is 32.3. The highest BCUT2D eigenvalue weighted by Gasteiger charge is 2.47. The van der Waals surface area contributed by atoms with E-state index in [2.05, 4.69) is 43.7 Å². The zero-order valence-corrected chi connectivity index (χ0v) is 21.7. The van der Waals surface area contributed by atoms with Crippen LogP contribution >= 0.6 is 0 Å². The number of aryl methyl sites for hydroxylation is 1. The van der Waals surface area contributed by atoms with Crippen LogP contribution in [0.1, 0.15) is 26.5 Å². The molecular weight excluding hydrogens is 538 g/mol. The van der Waals surface area contributed by atoms with Crippen LogP contribution < -0.4 is 4.57 Å². The molecule has 1 heterocycles. The fourth-order valence-electron chi connectivity index (χ4n) is 2.38. The van der Waals surface area contributed by atoms with Gasteiger partial charge in [0.15, 0.2) is 38.5 Å². The standard InChI is InChI=1S/C14H26NO3Si.C2F6NO4S2/c1-14(2,3)13-9-7-8-10-15(13)11-12-19(16-4,17-5)18-6;3-1(4,5)14(10,11)9-15(12,13)2(6,7)8/h7-10H,11-12H2,1-6H3;/q+1;-1. The van der Waals surface area contributed by atoms with Crippen LogP contribution in [-0.4, -0.2) is 58.0 Å². The van der Waals surface area contributed by atoms with Crippen molar-refractivity contribution in [3.8, 4) is 0 Å². The summed E-state index contributed by atoms with van der Waals surface area (Å²) < 4.78 is 128. The molecule has 1 aromatic heterocycles. The van der Waals surface area contributed by atoms with E-state index in [-0.39, 0.29) is 5.41 Å². The number of rotatable bonds is 8. The molecule has 200 valence electrons.